The van der Waals surface area contributed by atoms with Crippen molar-refractivity contribution in [1.82, 2.24) is 0 Å². The summed E-state index contributed by atoms with van der Waals surface area (Å²) in [6, 6.07) is 0. The topological polar surface area (TPSA) is 0 Å². The molecule has 0 saturated heterocycles. The molecule has 52 valence electrons. The Morgan fingerprint density at radius 3 is 2.70 bits per heavy atom. The molecule has 0 N–H and O–H groups in total. The molecule has 0 aromatic carbocycles. The zero-order valence-corrected chi connectivity index (χ0v) is 6.30. The van der Waals surface area contributed by atoms with E-state index in [1.54, 1.807) is 5.57 Å². The van der Waals surface area contributed by atoms with E-state index in [-0.39, 0.29) is 0 Å². The minimum atomic E-state index is 0.878. The largest absolute Gasteiger partial charge is 0.0807 e. The average molecular weight is 132 g/mol. The highest BCUT2D eigenvalue weighted by Crippen LogP contribution is 2.55. The van der Waals surface area contributed by atoms with Gasteiger partial charge in [-0.1, -0.05) is 30.2 Å². The molecule has 0 nitrogen and oxygen atoms in total. The monoisotopic (exact) mass is 132 g/mol. The van der Waals surface area contributed by atoms with E-state index in [4.69, 9.17) is 0 Å². The van der Waals surface area contributed by atoms with Gasteiger partial charge in [-0.05, 0) is 30.6 Å². The Labute approximate surface area is 61.6 Å². The number of hydrogen-bond acceptors (Lipinski definition) is 0. The van der Waals surface area contributed by atoms with Crippen LogP contribution in [0.15, 0.2) is 23.3 Å². The zero-order chi connectivity index (χ0) is 6.72. The normalized spacial score (nSPS) is 47.9. The van der Waals surface area contributed by atoms with Gasteiger partial charge < -0.3 is 0 Å². The standard InChI is InChI=1S/C10H12/c1-6-4-9-7-2-3-8(5-7)10(6)9/h2-3,6-8H,4-5H2,1H3. The maximum Gasteiger partial charge on any atom is -0.000869 e. The summed E-state index contributed by atoms with van der Waals surface area (Å²) < 4.78 is 0. The third-order valence-electron chi connectivity index (χ3n) is 3.36. The van der Waals surface area contributed by atoms with Gasteiger partial charge in [0.15, 0.2) is 0 Å². The van der Waals surface area contributed by atoms with Gasteiger partial charge in [-0.3, -0.25) is 0 Å². The molecule has 10 heavy (non-hydrogen) atoms. The molecule has 0 aromatic heterocycles. The van der Waals surface area contributed by atoms with E-state index in [2.05, 4.69) is 19.1 Å². The lowest BCUT2D eigenvalue weighted by Crippen LogP contribution is -2.18. The quantitative estimate of drug-likeness (QED) is 0.444. The van der Waals surface area contributed by atoms with Crippen LogP contribution in [0.25, 0.3) is 0 Å². The molecule has 0 aliphatic heterocycles. The van der Waals surface area contributed by atoms with Gasteiger partial charge in [0, 0.05) is 0 Å². The molecule has 0 radical (unpaired) electrons. The zero-order valence-electron chi connectivity index (χ0n) is 6.30. The van der Waals surface area contributed by atoms with Crippen molar-refractivity contribution in [3.05, 3.63) is 23.3 Å². The first-order chi connectivity index (χ1) is 4.86. The van der Waals surface area contributed by atoms with Crippen LogP contribution < -0.4 is 0 Å². The van der Waals surface area contributed by atoms with Crippen molar-refractivity contribution in [2.24, 2.45) is 17.8 Å². The Morgan fingerprint density at radius 2 is 2.10 bits per heavy atom. The molecule has 3 aliphatic carbocycles. The number of hydrogen-bond donors (Lipinski definition) is 0. The van der Waals surface area contributed by atoms with Crippen molar-refractivity contribution >= 4 is 0 Å². The first-order valence-corrected chi connectivity index (χ1v) is 4.27. The first-order valence-electron chi connectivity index (χ1n) is 4.27. The second-order valence-electron chi connectivity index (χ2n) is 3.92. The Kier molecular flexibility index (Phi) is 0.719. The summed E-state index contributed by atoms with van der Waals surface area (Å²) in [4.78, 5) is 0. The minimum Gasteiger partial charge on any atom is -0.0807 e. The summed E-state index contributed by atoms with van der Waals surface area (Å²) in [5, 5.41) is 0. The molecule has 3 unspecified atom stereocenters. The molecule has 0 amide bonds. The molecule has 0 heteroatoms. The minimum absolute atomic E-state index is 0.878. The van der Waals surface area contributed by atoms with Crippen molar-refractivity contribution in [3.8, 4) is 0 Å². The van der Waals surface area contributed by atoms with Gasteiger partial charge in [0.2, 0.25) is 0 Å². The summed E-state index contributed by atoms with van der Waals surface area (Å²) >= 11 is 0. The van der Waals surface area contributed by atoms with Gasteiger partial charge in [-0.2, -0.15) is 0 Å². The third kappa shape index (κ3) is 0.387. The van der Waals surface area contributed by atoms with E-state index in [9.17, 15) is 0 Å². The Balaban J connectivity index is 2.09. The average Bonchev–Trinajstić information content (AvgIpc) is 2.40. The van der Waals surface area contributed by atoms with E-state index in [0.29, 0.717) is 0 Å². The summed E-state index contributed by atoms with van der Waals surface area (Å²) in [5.41, 5.74) is 3.62. The summed E-state index contributed by atoms with van der Waals surface area (Å²) in [7, 11) is 0. The van der Waals surface area contributed by atoms with Gasteiger partial charge in [0.1, 0.15) is 0 Å². The predicted octanol–water partition coefficient (Wildman–Crippen LogP) is 2.53. The van der Waals surface area contributed by atoms with Gasteiger partial charge in [0.05, 0.1) is 0 Å². The second-order valence-corrected chi connectivity index (χ2v) is 3.92. The van der Waals surface area contributed by atoms with Crippen LogP contribution in [0.2, 0.25) is 0 Å². The molecule has 3 aliphatic rings. The van der Waals surface area contributed by atoms with Gasteiger partial charge in [-0.15, -0.1) is 0 Å². The molecule has 0 spiro atoms. The van der Waals surface area contributed by atoms with Crippen LogP contribution in [0.4, 0.5) is 0 Å². The van der Waals surface area contributed by atoms with Crippen molar-refractivity contribution in [3.63, 3.8) is 0 Å². The summed E-state index contributed by atoms with van der Waals surface area (Å²) in [5.74, 6) is 2.69. The molecule has 0 aromatic rings. The van der Waals surface area contributed by atoms with Crippen LogP contribution >= 0.6 is 0 Å². The van der Waals surface area contributed by atoms with Crippen LogP contribution in [0, 0.1) is 17.8 Å². The highest BCUT2D eigenvalue weighted by molar-refractivity contribution is 5.45. The van der Waals surface area contributed by atoms with Crippen LogP contribution in [0.1, 0.15) is 19.8 Å². The predicted molar refractivity (Wildman–Crippen MR) is 41.5 cm³/mol. The molecule has 0 saturated carbocycles. The molecule has 3 rings (SSSR count). The number of rotatable bonds is 0. The Hall–Kier alpha value is -0.520. The lowest BCUT2D eigenvalue weighted by atomic mass is 9.73. The van der Waals surface area contributed by atoms with Crippen molar-refractivity contribution < 1.29 is 0 Å². The highest BCUT2D eigenvalue weighted by atomic mass is 14.5. The van der Waals surface area contributed by atoms with Crippen molar-refractivity contribution in [2.45, 2.75) is 19.8 Å². The molecular formula is C10H12. The molecule has 0 heterocycles. The third-order valence-corrected chi connectivity index (χ3v) is 3.36. The fourth-order valence-corrected chi connectivity index (χ4v) is 2.90. The maximum atomic E-state index is 2.42. The number of allylic oxidation sites excluding steroid dienone is 4. The number of fused-ring (bicyclic) bond motifs is 4. The van der Waals surface area contributed by atoms with E-state index in [1.165, 1.54) is 12.8 Å². The molecule has 2 bridgehead atoms. The summed E-state index contributed by atoms with van der Waals surface area (Å²) in [6.45, 7) is 2.37. The van der Waals surface area contributed by atoms with E-state index < -0.39 is 0 Å². The summed E-state index contributed by atoms with van der Waals surface area (Å²) in [6.07, 6.45) is 7.66. The van der Waals surface area contributed by atoms with Gasteiger partial charge >= 0.3 is 0 Å². The van der Waals surface area contributed by atoms with Gasteiger partial charge in [-0.25, -0.2) is 0 Å². The van der Waals surface area contributed by atoms with Crippen LogP contribution in [0.3, 0.4) is 0 Å². The van der Waals surface area contributed by atoms with Crippen molar-refractivity contribution in [2.75, 3.05) is 0 Å². The Bertz CT molecular complexity index is 245. The fraction of sp³-hybridized carbons (Fsp3) is 0.600. The van der Waals surface area contributed by atoms with Crippen LogP contribution in [-0.2, 0) is 0 Å². The van der Waals surface area contributed by atoms with E-state index in [1.807, 2.05) is 5.57 Å². The smallest absolute Gasteiger partial charge is 0.000869 e. The SMILES string of the molecule is CC1CC2=C1C1C=CC2C1. The Morgan fingerprint density at radius 1 is 1.30 bits per heavy atom. The maximum absolute atomic E-state index is 2.42. The van der Waals surface area contributed by atoms with Gasteiger partial charge in [0.25, 0.3) is 0 Å². The lowest BCUT2D eigenvalue weighted by molar-refractivity contribution is 0.542. The molecular weight excluding hydrogens is 120 g/mol. The first kappa shape index (κ1) is 5.17. The van der Waals surface area contributed by atoms with E-state index in [0.717, 1.165) is 17.8 Å². The highest BCUT2D eigenvalue weighted by Gasteiger charge is 2.42. The van der Waals surface area contributed by atoms with E-state index >= 15 is 0 Å². The lowest BCUT2D eigenvalue weighted by Gasteiger charge is -2.32. The molecule has 0 fully saturated rings. The molecule has 3 atom stereocenters. The second kappa shape index (κ2) is 1.39. The fourth-order valence-electron chi connectivity index (χ4n) is 2.90. The van der Waals surface area contributed by atoms with Crippen molar-refractivity contribution in [1.29, 1.82) is 0 Å². The van der Waals surface area contributed by atoms with Crippen LogP contribution in [0.5, 0.6) is 0 Å². The van der Waals surface area contributed by atoms with Crippen LogP contribution in [-0.4, -0.2) is 0 Å².